The first-order valence-electron chi connectivity index (χ1n) is 5.83. The number of unbranched alkanes of at least 4 members (excludes halogenated alkanes) is 1. The normalized spacial score (nSPS) is 10.1. The SMILES string of the molecule is CC(=O)CCCCC(=O)NCCNCCN. The van der Waals surface area contributed by atoms with Crippen molar-refractivity contribution in [1.29, 1.82) is 0 Å². The molecule has 5 nitrogen and oxygen atoms in total. The highest BCUT2D eigenvalue weighted by Crippen LogP contribution is 1.99. The van der Waals surface area contributed by atoms with Crippen molar-refractivity contribution < 1.29 is 9.59 Å². The lowest BCUT2D eigenvalue weighted by Crippen LogP contribution is -2.33. The van der Waals surface area contributed by atoms with Gasteiger partial charge in [-0.3, -0.25) is 4.79 Å². The Bertz CT molecular complexity index is 207. The minimum absolute atomic E-state index is 0.0538. The average Bonchev–Trinajstić information content (AvgIpc) is 2.24. The van der Waals surface area contributed by atoms with Gasteiger partial charge in [0.05, 0.1) is 0 Å². The van der Waals surface area contributed by atoms with Crippen molar-refractivity contribution in [2.75, 3.05) is 26.2 Å². The molecule has 0 heterocycles. The molecule has 0 aliphatic heterocycles. The lowest BCUT2D eigenvalue weighted by Gasteiger charge is -2.05. The van der Waals surface area contributed by atoms with Crippen LogP contribution < -0.4 is 16.4 Å². The molecule has 1 amide bonds. The maximum Gasteiger partial charge on any atom is 0.220 e. The summed E-state index contributed by atoms with van der Waals surface area (Å²) in [5.74, 6) is 0.240. The van der Waals surface area contributed by atoms with Crippen LogP contribution in [0.5, 0.6) is 0 Å². The monoisotopic (exact) mass is 229 g/mol. The predicted molar refractivity (Wildman–Crippen MR) is 64.1 cm³/mol. The van der Waals surface area contributed by atoms with E-state index in [-0.39, 0.29) is 11.7 Å². The minimum Gasteiger partial charge on any atom is -0.355 e. The molecule has 0 saturated carbocycles. The van der Waals surface area contributed by atoms with Crippen LogP contribution in [0, 0.1) is 0 Å². The molecule has 0 aliphatic carbocycles. The summed E-state index contributed by atoms with van der Waals surface area (Å²) in [6, 6.07) is 0. The first-order chi connectivity index (χ1) is 7.66. The van der Waals surface area contributed by atoms with Gasteiger partial charge in [-0.25, -0.2) is 0 Å². The fraction of sp³-hybridized carbons (Fsp3) is 0.818. The Kier molecular flexibility index (Phi) is 9.95. The van der Waals surface area contributed by atoms with E-state index in [2.05, 4.69) is 10.6 Å². The van der Waals surface area contributed by atoms with E-state index in [9.17, 15) is 9.59 Å². The highest BCUT2D eigenvalue weighted by atomic mass is 16.1. The highest BCUT2D eigenvalue weighted by molar-refractivity contribution is 5.76. The van der Waals surface area contributed by atoms with Gasteiger partial charge in [0.25, 0.3) is 0 Å². The van der Waals surface area contributed by atoms with Gasteiger partial charge in [0.2, 0.25) is 5.91 Å². The van der Waals surface area contributed by atoms with Gasteiger partial charge in [-0.05, 0) is 19.8 Å². The van der Waals surface area contributed by atoms with Gasteiger partial charge >= 0.3 is 0 Å². The molecular weight excluding hydrogens is 206 g/mol. The maximum absolute atomic E-state index is 11.3. The summed E-state index contributed by atoms with van der Waals surface area (Å²) in [7, 11) is 0. The molecule has 0 rings (SSSR count). The fourth-order valence-corrected chi connectivity index (χ4v) is 1.27. The zero-order valence-corrected chi connectivity index (χ0v) is 10.1. The Morgan fingerprint density at radius 2 is 1.75 bits per heavy atom. The molecule has 0 fully saturated rings. The van der Waals surface area contributed by atoms with Crippen LogP contribution in [-0.2, 0) is 9.59 Å². The third kappa shape index (κ3) is 11.1. The van der Waals surface area contributed by atoms with E-state index >= 15 is 0 Å². The van der Waals surface area contributed by atoms with Gasteiger partial charge in [0.1, 0.15) is 5.78 Å². The molecule has 0 unspecified atom stereocenters. The van der Waals surface area contributed by atoms with Crippen LogP contribution in [-0.4, -0.2) is 37.9 Å². The molecule has 4 N–H and O–H groups in total. The van der Waals surface area contributed by atoms with E-state index in [0.717, 1.165) is 25.9 Å². The Labute approximate surface area is 97.2 Å². The van der Waals surface area contributed by atoms with Crippen LogP contribution in [0.3, 0.4) is 0 Å². The zero-order chi connectivity index (χ0) is 12.2. The van der Waals surface area contributed by atoms with Crippen molar-refractivity contribution in [3.63, 3.8) is 0 Å². The number of ketones is 1. The minimum atomic E-state index is 0.0538. The quantitative estimate of drug-likeness (QED) is 0.453. The fourth-order valence-electron chi connectivity index (χ4n) is 1.27. The van der Waals surface area contributed by atoms with Crippen LogP contribution in [0.25, 0.3) is 0 Å². The summed E-state index contributed by atoms with van der Waals surface area (Å²) >= 11 is 0. The van der Waals surface area contributed by atoms with E-state index in [0.29, 0.717) is 25.9 Å². The van der Waals surface area contributed by atoms with Crippen LogP contribution >= 0.6 is 0 Å². The number of amides is 1. The Morgan fingerprint density at radius 1 is 1.06 bits per heavy atom. The van der Waals surface area contributed by atoms with Crippen LogP contribution in [0.4, 0.5) is 0 Å². The van der Waals surface area contributed by atoms with Gasteiger partial charge in [0, 0.05) is 39.0 Å². The number of hydrogen-bond donors (Lipinski definition) is 3. The summed E-state index contributed by atoms with van der Waals surface area (Å²) < 4.78 is 0. The number of nitrogens with two attached hydrogens (primary N) is 1. The largest absolute Gasteiger partial charge is 0.355 e. The Hall–Kier alpha value is -0.940. The van der Waals surface area contributed by atoms with Gasteiger partial charge in [-0.1, -0.05) is 0 Å². The Balaban J connectivity index is 3.21. The summed E-state index contributed by atoms with van der Waals surface area (Å²) in [5, 5.41) is 5.89. The third-order valence-corrected chi connectivity index (χ3v) is 2.13. The smallest absolute Gasteiger partial charge is 0.220 e. The van der Waals surface area contributed by atoms with Crippen molar-refractivity contribution in [1.82, 2.24) is 10.6 Å². The van der Waals surface area contributed by atoms with E-state index in [1.54, 1.807) is 6.92 Å². The summed E-state index contributed by atoms with van der Waals surface area (Å²) in [6.45, 7) is 4.33. The molecule has 0 radical (unpaired) electrons. The third-order valence-electron chi connectivity index (χ3n) is 2.13. The van der Waals surface area contributed by atoms with E-state index in [1.165, 1.54) is 0 Å². The number of nitrogens with one attached hydrogen (secondary N) is 2. The van der Waals surface area contributed by atoms with Gasteiger partial charge < -0.3 is 21.2 Å². The molecule has 0 aromatic heterocycles. The molecule has 0 bridgehead atoms. The average molecular weight is 229 g/mol. The van der Waals surface area contributed by atoms with Crippen molar-refractivity contribution >= 4 is 11.7 Å². The first-order valence-corrected chi connectivity index (χ1v) is 5.83. The second kappa shape index (κ2) is 10.6. The van der Waals surface area contributed by atoms with E-state index < -0.39 is 0 Å². The van der Waals surface area contributed by atoms with Crippen molar-refractivity contribution in [2.45, 2.75) is 32.6 Å². The first kappa shape index (κ1) is 15.1. The van der Waals surface area contributed by atoms with Crippen molar-refractivity contribution in [3.05, 3.63) is 0 Å². The van der Waals surface area contributed by atoms with Gasteiger partial charge in [-0.2, -0.15) is 0 Å². The highest BCUT2D eigenvalue weighted by Gasteiger charge is 2.00. The standard InChI is InChI=1S/C11H23N3O2/c1-10(15)4-2-3-5-11(16)14-9-8-13-7-6-12/h13H,2-9,12H2,1H3,(H,14,16). The molecule has 5 heteroatoms. The lowest BCUT2D eigenvalue weighted by atomic mass is 10.1. The maximum atomic E-state index is 11.3. The van der Waals surface area contributed by atoms with Crippen LogP contribution in [0.2, 0.25) is 0 Å². The second-order valence-corrected chi connectivity index (χ2v) is 3.80. The molecule has 0 aliphatic rings. The lowest BCUT2D eigenvalue weighted by molar-refractivity contribution is -0.121. The second-order valence-electron chi connectivity index (χ2n) is 3.80. The predicted octanol–water partition coefficient (Wildman–Crippen LogP) is -0.200. The van der Waals surface area contributed by atoms with E-state index in [4.69, 9.17) is 5.73 Å². The number of rotatable bonds is 10. The van der Waals surface area contributed by atoms with Crippen molar-refractivity contribution in [2.24, 2.45) is 5.73 Å². The molecule has 16 heavy (non-hydrogen) atoms. The molecule has 0 aromatic rings. The topological polar surface area (TPSA) is 84.2 Å². The summed E-state index contributed by atoms with van der Waals surface area (Å²) in [5.41, 5.74) is 5.30. The van der Waals surface area contributed by atoms with Crippen molar-refractivity contribution in [3.8, 4) is 0 Å². The zero-order valence-electron chi connectivity index (χ0n) is 10.1. The number of carbonyl (C=O) groups excluding carboxylic acids is 2. The van der Waals surface area contributed by atoms with Gasteiger partial charge in [-0.15, -0.1) is 0 Å². The molecule has 0 atom stereocenters. The molecule has 0 saturated heterocycles. The number of carbonyl (C=O) groups is 2. The number of Topliss-reactive ketones (excluding diaryl/α,β-unsaturated/α-hetero) is 1. The number of hydrogen-bond acceptors (Lipinski definition) is 4. The molecule has 0 aromatic carbocycles. The Morgan fingerprint density at radius 3 is 2.38 bits per heavy atom. The van der Waals surface area contributed by atoms with Crippen LogP contribution in [0.15, 0.2) is 0 Å². The van der Waals surface area contributed by atoms with E-state index in [1.807, 2.05) is 0 Å². The van der Waals surface area contributed by atoms with Gasteiger partial charge in [0.15, 0.2) is 0 Å². The summed E-state index contributed by atoms with van der Waals surface area (Å²) in [4.78, 5) is 21.9. The summed E-state index contributed by atoms with van der Waals surface area (Å²) in [6.07, 6.45) is 2.66. The molecule has 0 spiro atoms. The molecular formula is C11H23N3O2. The molecule has 94 valence electrons. The van der Waals surface area contributed by atoms with Crippen LogP contribution in [0.1, 0.15) is 32.6 Å².